The molecule has 0 saturated carbocycles. The molecule has 1 aromatic rings. The molecule has 2 rings (SSSR count). The van der Waals surface area contributed by atoms with Crippen molar-refractivity contribution in [1.82, 2.24) is 10.3 Å². The van der Waals surface area contributed by atoms with Gasteiger partial charge in [0.1, 0.15) is 5.82 Å². The number of alkyl halides is 3. The van der Waals surface area contributed by atoms with E-state index in [1.807, 2.05) is 0 Å². The monoisotopic (exact) mass is 302 g/mol. The van der Waals surface area contributed by atoms with E-state index >= 15 is 0 Å². The predicted octanol–water partition coefficient (Wildman–Crippen LogP) is 2.22. The second-order valence-corrected chi connectivity index (χ2v) is 4.47. The fourth-order valence-electron chi connectivity index (χ4n) is 1.68. The Labute approximate surface area is 118 Å². The van der Waals surface area contributed by atoms with E-state index in [4.69, 9.17) is 0 Å². The van der Waals surface area contributed by atoms with Crippen molar-refractivity contribution in [2.45, 2.75) is 25.6 Å². The number of hydrogen-bond donors (Lipinski definition) is 2. The molecule has 0 bridgehead atoms. The molecule has 1 aliphatic heterocycles. The number of oxime groups is 1. The number of anilines is 1. The summed E-state index contributed by atoms with van der Waals surface area (Å²) in [5.41, 5.74) is -0.245. The van der Waals surface area contributed by atoms with Gasteiger partial charge in [-0.15, -0.1) is 0 Å². The number of carbonyl (C=O) groups excluding carboxylic acids is 1. The number of urea groups is 1. The van der Waals surface area contributed by atoms with E-state index in [1.54, 1.807) is 25.1 Å². The van der Waals surface area contributed by atoms with Gasteiger partial charge in [-0.1, -0.05) is 11.2 Å². The molecule has 9 heteroatoms. The first-order valence-electron chi connectivity index (χ1n) is 6.13. The largest absolute Gasteiger partial charge is 0.432 e. The predicted molar refractivity (Wildman–Crippen MR) is 69.0 cm³/mol. The topological polar surface area (TPSA) is 75.6 Å². The number of aromatic nitrogens is 1. The number of rotatable bonds is 3. The number of nitrogens with one attached hydrogen (secondary N) is 2. The summed E-state index contributed by atoms with van der Waals surface area (Å²) in [5, 5.41) is 7.85. The van der Waals surface area contributed by atoms with Gasteiger partial charge in [0, 0.05) is 12.1 Å². The average molecular weight is 302 g/mol. The molecule has 0 aliphatic carbocycles. The van der Waals surface area contributed by atoms with Crippen LogP contribution >= 0.6 is 0 Å². The summed E-state index contributed by atoms with van der Waals surface area (Å²) in [4.78, 5) is 20.3. The van der Waals surface area contributed by atoms with Crippen LogP contribution in [0.4, 0.5) is 23.8 Å². The summed E-state index contributed by atoms with van der Waals surface area (Å²) in [6.07, 6.45) is -5.70. The van der Waals surface area contributed by atoms with Crippen LogP contribution in [0.5, 0.6) is 0 Å². The lowest BCUT2D eigenvalue weighted by molar-refractivity contribution is -0.0604. The minimum Gasteiger partial charge on any atom is -0.390 e. The van der Waals surface area contributed by atoms with Gasteiger partial charge in [-0.25, -0.2) is 9.78 Å². The maximum Gasteiger partial charge on any atom is 0.432 e. The van der Waals surface area contributed by atoms with Gasteiger partial charge in [0.05, 0.1) is 6.54 Å². The Bertz CT molecular complexity index is 560. The van der Waals surface area contributed by atoms with Crippen LogP contribution in [-0.4, -0.2) is 35.6 Å². The van der Waals surface area contributed by atoms with E-state index < -0.39 is 24.0 Å². The van der Waals surface area contributed by atoms with E-state index in [2.05, 4.69) is 25.6 Å². The van der Waals surface area contributed by atoms with Crippen molar-refractivity contribution in [2.24, 2.45) is 5.16 Å². The van der Waals surface area contributed by atoms with E-state index in [9.17, 15) is 18.0 Å². The molecule has 1 aromatic heterocycles. The first-order chi connectivity index (χ1) is 9.84. The van der Waals surface area contributed by atoms with Crippen molar-refractivity contribution >= 4 is 17.6 Å². The first kappa shape index (κ1) is 15.1. The minimum atomic E-state index is -4.50. The summed E-state index contributed by atoms with van der Waals surface area (Å²) in [6, 6.07) is 4.52. The zero-order valence-corrected chi connectivity index (χ0v) is 11.1. The molecule has 0 radical (unpaired) electrons. The number of carbonyl (C=O) groups is 1. The van der Waals surface area contributed by atoms with Crippen molar-refractivity contribution in [3.05, 3.63) is 23.9 Å². The van der Waals surface area contributed by atoms with Crippen molar-refractivity contribution in [1.29, 1.82) is 0 Å². The van der Waals surface area contributed by atoms with Gasteiger partial charge in [0.15, 0.2) is 11.8 Å². The Kier molecular flexibility index (Phi) is 4.29. The third kappa shape index (κ3) is 4.33. The Balaban J connectivity index is 1.76. The Morgan fingerprint density at radius 1 is 1.48 bits per heavy atom. The molecule has 0 aromatic carbocycles. The average Bonchev–Trinajstić information content (AvgIpc) is 2.85. The summed E-state index contributed by atoms with van der Waals surface area (Å²) in [6.45, 7) is 1.69. The van der Waals surface area contributed by atoms with Crippen LogP contribution in [0.25, 0.3) is 0 Å². The SMILES string of the molecule is Cc1cccc(NC(=O)NC[C@H]2CC(C(F)(F)F)=NO2)n1. The molecule has 1 atom stereocenters. The molecule has 0 unspecified atom stereocenters. The van der Waals surface area contributed by atoms with Crippen LogP contribution in [-0.2, 0) is 4.84 Å². The van der Waals surface area contributed by atoms with E-state index in [0.717, 1.165) is 5.69 Å². The fourth-order valence-corrected chi connectivity index (χ4v) is 1.68. The van der Waals surface area contributed by atoms with Gasteiger partial charge in [-0.3, -0.25) is 5.32 Å². The van der Waals surface area contributed by atoms with Crippen molar-refractivity contribution in [2.75, 3.05) is 11.9 Å². The molecule has 0 spiro atoms. The highest BCUT2D eigenvalue weighted by molar-refractivity contribution is 5.91. The van der Waals surface area contributed by atoms with Crippen molar-refractivity contribution in [3.8, 4) is 0 Å². The second kappa shape index (κ2) is 5.98. The lowest BCUT2D eigenvalue weighted by atomic mass is 10.2. The standard InChI is InChI=1S/C12H13F3N4O2/c1-7-3-2-4-10(17-7)18-11(20)16-6-8-5-9(19-21-8)12(13,14)15/h2-4,8H,5-6H2,1H3,(H2,16,17,18,20)/t8-/m1/s1. The summed E-state index contributed by atoms with van der Waals surface area (Å²) < 4.78 is 37.0. The van der Waals surface area contributed by atoms with Gasteiger partial charge < -0.3 is 10.2 Å². The summed E-state index contributed by atoms with van der Waals surface area (Å²) in [7, 11) is 0. The Hall–Kier alpha value is -2.32. The summed E-state index contributed by atoms with van der Waals surface area (Å²) in [5.74, 6) is 0.354. The van der Waals surface area contributed by atoms with Crippen LogP contribution in [0, 0.1) is 6.92 Å². The van der Waals surface area contributed by atoms with Crippen LogP contribution in [0.3, 0.4) is 0 Å². The highest BCUT2D eigenvalue weighted by atomic mass is 19.4. The van der Waals surface area contributed by atoms with Crippen molar-refractivity contribution in [3.63, 3.8) is 0 Å². The van der Waals surface area contributed by atoms with Crippen LogP contribution in [0.2, 0.25) is 0 Å². The zero-order valence-electron chi connectivity index (χ0n) is 11.1. The molecule has 2 amide bonds. The molecule has 114 valence electrons. The van der Waals surface area contributed by atoms with E-state index in [-0.39, 0.29) is 13.0 Å². The highest BCUT2D eigenvalue weighted by Gasteiger charge is 2.41. The molecule has 2 N–H and O–H groups in total. The van der Waals surface area contributed by atoms with Gasteiger partial charge in [0.2, 0.25) is 0 Å². The van der Waals surface area contributed by atoms with E-state index in [0.29, 0.717) is 5.82 Å². The molecule has 21 heavy (non-hydrogen) atoms. The van der Waals surface area contributed by atoms with Crippen LogP contribution < -0.4 is 10.6 Å². The lowest BCUT2D eigenvalue weighted by Gasteiger charge is -2.11. The molecular weight excluding hydrogens is 289 g/mol. The lowest BCUT2D eigenvalue weighted by Crippen LogP contribution is -2.36. The molecule has 2 heterocycles. The third-order valence-electron chi connectivity index (χ3n) is 2.68. The molecule has 1 aliphatic rings. The number of nitrogens with zero attached hydrogens (tertiary/aromatic N) is 2. The smallest absolute Gasteiger partial charge is 0.390 e. The van der Waals surface area contributed by atoms with Gasteiger partial charge in [0.25, 0.3) is 0 Å². The third-order valence-corrected chi connectivity index (χ3v) is 2.68. The zero-order chi connectivity index (χ0) is 15.5. The van der Waals surface area contributed by atoms with Gasteiger partial charge >= 0.3 is 12.2 Å². The Morgan fingerprint density at radius 2 is 2.24 bits per heavy atom. The molecule has 6 nitrogen and oxygen atoms in total. The number of amides is 2. The number of pyridine rings is 1. The minimum absolute atomic E-state index is 0.0826. The van der Waals surface area contributed by atoms with Gasteiger partial charge in [-0.2, -0.15) is 13.2 Å². The number of halogens is 3. The fraction of sp³-hybridized carbons (Fsp3) is 0.417. The first-order valence-corrected chi connectivity index (χ1v) is 6.13. The molecule has 0 saturated heterocycles. The quantitative estimate of drug-likeness (QED) is 0.899. The normalized spacial score (nSPS) is 17.9. The number of hydrogen-bond acceptors (Lipinski definition) is 4. The maximum absolute atomic E-state index is 12.3. The van der Waals surface area contributed by atoms with Crippen LogP contribution in [0.15, 0.2) is 23.4 Å². The number of aryl methyl sites for hydroxylation is 1. The van der Waals surface area contributed by atoms with E-state index in [1.165, 1.54) is 0 Å². The van der Waals surface area contributed by atoms with Crippen molar-refractivity contribution < 1.29 is 22.8 Å². The van der Waals surface area contributed by atoms with Crippen LogP contribution in [0.1, 0.15) is 12.1 Å². The Morgan fingerprint density at radius 3 is 2.86 bits per heavy atom. The summed E-state index contributed by atoms with van der Waals surface area (Å²) >= 11 is 0. The highest BCUT2D eigenvalue weighted by Crippen LogP contribution is 2.25. The second-order valence-electron chi connectivity index (χ2n) is 4.47. The maximum atomic E-state index is 12.3. The van der Waals surface area contributed by atoms with Gasteiger partial charge in [-0.05, 0) is 19.1 Å². The molecule has 0 fully saturated rings. The molecular formula is C12H13F3N4O2.